The maximum Gasteiger partial charge on any atom is 0.262 e. The zero-order valence-corrected chi connectivity index (χ0v) is 12.7. The van der Waals surface area contributed by atoms with Crippen LogP contribution in [0.25, 0.3) is 4.96 Å². The van der Waals surface area contributed by atoms with Gasteiger partial charge in [-0.05, 0) is 7.05 Å². The summed E-state index contributed by atoms with van der Waals surface area (Å²) in [6, 6.07) is 0. The number of rotatable bonds is 2. The highest BCUT2D eigenvalue weighted by atomic mass is 35.5. The molecule has 19 heavy (non-hydrogen) atoms. The zero-order valence-electron chi connectivity index (χ0n) is 10.3. The van der Waals surface area contributed by atoms with Crippen LogP contribution in [-0.4, -0.2) is 60.2 Å². The van der Waals surface area contributed by atoms with Crippen molar-refractivity contribution in [2.24, 2.45) is 0 Å². The fraction of sp³-hybridized carbons (Fsp3) is 0.500. The Bertz CT molecular complexity index is 700. The number of likely N-dealkylation sites (N-methyl/N-ethyl adjacent to an activating group) is 1. The van der Waals surface area contributed by atoms with Gasteiger partial charge in [-0.25, -0.2) is 13.4 Å². The van der Waals surface area contributed by atoms with Gasteiger partial charge in [0.2, 0.25) is 0 Å². The van der Waals surface area contributed by atoms with E-state index in [9.17, 15) is 8.42 Å². The Labute approximate surface area is 120 Å². The van der Waals surface area contributed by atoms with E-state index in [2.05, 4.69) is 9.88 Å². The number of halogens is 1. The van der Waals surface area contributed by atoms with Crippen molar-refractivity contribution in [1.82, 2.24) is 18.6 Å². The summed E-state index contributed by atoms with van der Waals surface area (Å²) in [5, 5.41) is 1.92. The molecule has 3 heterocycles. The SMILES string of the molecule is CN1CCN(S(=O)(=O)c2c(Cl)nc3sccn23)CC1. The van der Waals surface area contributed by atoms with E-state index in [1.165, 1.54) is 15.6 Å². The third-order valence-electron chi connectivity index (χ3n) is 3.23. The molecule has 0 radical (unpaired) electrons. The predicted octanol–water partition coefficient (Wildman–Crippen LogP) is 0.985. The lowest BCUT2D eigenvalue weighted by Gasteiger charge is -2.31. The standard InChI is InChI=1S/C10H13ClN4O2S2/c1-13-2-4-14(5-3-13)19(16,17)9-8(11)12-10-15(9)6-7-18-10/h6-7H,2-5H2,1H3. The number of thiazole rings is 1. The summed E-state index contributed by atoms with van der Waals surface area (Å²) in [5.41, 5.74) is 0. The first-order valence-electron chi connectivity index (χ1n) is 5.80. The van der Waals surface area contributed by atoms with Crippen molar-refractivity contribution in [3.05, 3.63) is 16.7 Å². The van der Waals surface area contributed by atoms with Gasteiger partial charge in [-0.15, -0.1) is 11.3 Å². The molecule has 0 bridgehead atoms. The summed E-state index contributed by atoms with van der Waals surface area (Å²) < 4.78 is 28.3. The van der Waals surface area contributed by atoms with Gasteiger partial charge in [-0.3, -0.25) is 4.40 Å². The predicted molar refractivity (Wildman–Crippen MR) is 74.3 cm³/mol. The van der Waals surface area contributed by atoms with E-state index >= 15 is 0 Å². The normalized spacial score (nSPS) is 19.3. The molecule has 1 aliphatic rings. The quantitative estimate of drug-likeness (QED) is 0.828. The second-order valence-corrected chi connectivity index (χ2v) is 7.55. The first-order valence-corrected chi connectivity index (χ1v) is 8.49. The number of aromatic nitrogens is 2. The molecule has 1 fully saturated rings. The third kappa shape index (κ3) is 2.17. The maximum atomic E-state index is 12.7. The van der Waals surface area contributed by atoms with Crippen LogP contribution in [-0.2, 0) is 10.0 Å². The van der Waals surface area contributed by atoms with Crippen LogP contribution in [0, 0.1) is 0 Å². The van der Waals surface area contributed by atoms with E-state index in [0.29, 0.717) is 18.1 Å². The second kappa shape index (κ2) is 4.71. The summed E-state index contributed by atoms with van der Waals surface area (Å²) in [6.45, 7) is 2.41. The van der Waals surface area contributed by atoms with Crippen molar-refractivity contribution >= 4 is 37.9 Å². The maximum absolute atomic E-state index is 12.7. The van der Waals surface area contributed by atoms with E-state index in [4.69, 9.17) is 11.6 Å². The monoisotopic (exact) mass is 320 g/mol. The van der Waals surface area contributed by atoms with E-state index in [1.54, 1.807) is 16.0 Å². The molecule has 0 aliphatic carbocycles. The average Bonchev–Trinajstić information content (AvgIpc) is 2.88. The van der Waals surface area contributed by atoms with Crippen LogP contribution in [0.1, 0.15) is 0 Å². The lowest BCUT2D eigenvalue weighted by atomic mass is 10.4. The Morgan fingerprint density at radius 2 is 2.00 bits per heavy atom. The Morgan fingerprint density at radius 1 is 1.32 bits per heavy atom. The molecule has 1 saturated heterocycles. The number of hydrogen-bond donors (Lipinski definition) is 0. The fourth-order valence-corrected chi connectivity index (χ4v) is 4.95. The lowest BCUT2D eigenvalue weighted by molar-refractivity contribution is 0.222. The molecule has 1 aliphatic heterocycles. The van der Waals surface area contributed by atoms with Crippen molar-refractivity contribution < 1.29 is 8.42 Å². The lowest BCUT2D eigenvalue weighted by Crippen LogP contribution is -2.47. The van der Waals surface area contributed by atoms with E-state index in [-0.39, 0.29) is 10.2 Å². The van der Waals surface area contributed by atoms with Gasteiger partial charge >= 0.3 is 0 Å². The van der Waals surface area contributed by atoms with E-state index in [1.807, 2.05) is 7.05 Å². The molecular formula is C10H13ClN4O2S2. The number of sulfonamides is 1. The molecule has 3 rings (SSSR count). The number of fused-ring (bicyclic) bond motifs is 1. The summed E-state index contributed by atoms with van der Waals surface area (Å²) >= 11 is 7.36. The highest BCUT2D eigenvalue weighted by Crippen LogP contribution is 2.28. The first-order chi connectivity index (χ1) is 9.00. The summed E-state index contributed by atoms with van der Waals surface area (Å²) in [7, 11) is -1.61. The fourth-order valence-electron chi connectivity index (χ4n) is 2.12. The van der Waals surface area contributed by atoms with E-state index in [0.717, 1.165) is 13.1 Å². The van der Waals surface area contributed by atoms with Gasteiger partial charge in [0.15, 0.2) is 15.1 Å². The van der Waals surface area contributed by atoms with Crippen LogP contribution in [0.5, 0.6) is 0 Å². The van der Waals surface area contributed by atoms with Crippen LogP contribution < -0.4 is 0 Å². The Hall–Kier alpha value is -0.670. The number of imidazole rings is 1. The van der Waals surface area contributed by atoms with Gasteiger partial charge in [-0.2, -0.15) is 4.31 Å². The van der Waals surface area contributed by atoms with Crippen LogP contribution in [0.4, 0.5) is 0 Å². The minimum Gasteiger partial charge on any atom is -0.304 e. The second-order valence-electron chi connectivity index (χ2n) is 4.47. The van der Waals surface area contributed by atoms with Crippen molar-refractivity contribution in [2.75, 3.05) is 33.2 Å². The topological polar surface area (TPSA) is 57.9 Å². The molecule has 0 unspecified atom stereocenters. The molecule has 0 saturated carbocycles. The van der Waals surface area contributed by atoms with Crippen LogP contribution >= 0.6 is 22.9 Å². The Kier molecular flexibility index (Phi) is 3.30. The average molecular weight is 321 g/mol. The van der Waals surface area contributed by atoms with Gasteiger partial charge in [0.05, 0.1) is 0 Å². The molecular weight excluding hydrogens is 308 g/mol. The minimum atomic E-state index is -3.59. The molecule has 0 N–H and O–H groups in total. The minimum absolute atomic E-state index is 0.0470. The smallest absolute Gasteiger partial charge is 0.262 e. The first kappa shape index (κ1) is 13.3. The molecule has 0 amide bonds. The molecule has 104 valence electrons. The number of nitrogens with zero attached hydrogens (tertiary/aromatic N) is 4. The molecule has 6 nitrogen and oxygen atoms in total. The van der Waals surface area contributed by atoms with Gasteiger partial charge in [0.25, 0.3) is 10.0 Å². The van der Waals surface area contributed by atoms with Crippen molar-refractivity contribution in [3.8, 4) is 0 Å². The van der Waals surface area contributed by atoms with E-state index < -0.39 is 10.0 Å². The van der Waals surface area contributed by atoms with Crippen LogP contribution in [0.3, 0.4) is 0 Å². The highest BCUT2D eigenvalue weighted by Gasteiger charge is 2.33. The Morgan fingerprint density at radius 3 is 2.68 bits per heavy atom. The zero-order chi connectivity index (χ0) is 13.6. The highest BCUT2D eigenvalue weighted by molar-refractivity contribution is 7.89. The third-order valence-corrected chi connectivity index (χ3v) is 6.28. The Balaban J connectivity index is 2.04. The van der Waals surface area contributed by atoms with Gasteiger partial charge in [-0.1, -0.05) is 11.6 Å². The molecule has 0 atom stereocenters. The van der Waals surface area contributed by atoms with Gasteiger partial charge in [0.1, 0.15) is 0 Å². The molecule has 9 heteroatoms. The molecule has 2 aromatic rings. The molecule has 0 aromatic carbocycles. The van der Waals surface area contributed by atoms with Gasteiger partial charge in [0, 0.05) is 37.8 Å². The number of hydrogen-bond acceptors (Lipinski definition) is 5. The van der Waals surface area contributed by atoms with Crippen LogP contribution in [0.2, 0.25) is 5.15 Å². The van der Waals surface area contributed by atoms with Crippen molar-refractivity contribution in [2.45, 2.75) is 5.03 Å². The number of piperazine rings is 1. The van der Waals surface area contributed by atoms with Crippen LogP contribution in [0.15, 0.2) is 16.6 Å². The largest absolute Gasteiger partial charge is 0.304 e. The summed E-state index contributed by atoms with van der Waals surface area (Å²) in [5.74, 6) is 0. The van der Waals surface area contributed by atoms with Gasteiger partial charge < -0.3 is 4.90 Å². The summed E-state index contributed by atoms with van der Waals surface area (Å²) in [4.78, 5) is 6.78. The van der Waals surface area contributed by atoms with Crippen molar-refractivity contribution in [1.29, 1.82) is 0 Å². The summed E-state index contributed by atoms with van der Waals surface area (Å²) in [6.07, 6.45) is 1.68. The van der Waals surface area contributed by atoms with Crippen molar-refractivity contribution in [3.63, 3.8) is 0 Å². The molecule has 0 spiro atoms. The molecule has 2 aromatic heterocycles.